The van der Waals surface area contributed by atoms with Gasteiger partial charge < -0.3 is 30.8 Å². The third-order valence-electron chi connectivity index (χ3n) is 6.04. The summed E-state index contributed by atoms with van der Waals surface area (Å²) in [5.41, 5.74) is 0.692. The number of H-pyrrole nitrogens is 1. The Morgan fingerprint density at radius 1 is 1.02 bits per heavy atom. The summed E-state index contributed by atoms with van der Waals surface area (Å²) >= 11 is 1.30. The third kappa shape index (κ3) is 10.6. The Morgan fingerprint density at radius 3 is 2.29 bits per heavy atom. The summed E-state index contributed by atoms with van der Waals surface area (Å²) in [7, 11) is 0. The molecule has 0 saturated carbocycles. The lowest BCUT2D eigenvalue weighted by atomic mass is 9.98. The number of aromatic amines is 1. The van der Waals surface area contributed by atoms with E-state index in [1.54, 1.807) is 38.5 Å². The van der Waals surface area contributed by atoms with Crippen molar-refractivity contribution in [1.82, 2.24) is 30.9 Å². The molecule has 0 aliphatic rings. The maximum atomic E-state index is 13.7. The van der Waals surface area contributed by atoms with E-state index in [9.17, 15) is 19.5 Å². The molecule has 4 atom stereocenters. The molecule has 41 heavy (non-hydrogen) atoms. The van der Waals surface area contributed by atoms with Crippen molar-refractivity contribution in [3.63, 3.8) is 0 Å². The van der Waals surface area contributed by atoms with Crippen LogP contribution in [0.1, 0.15) is 63.4 Å². The van der Waals surface area contributed by atoms with Crippen LogP contribution in [0, 0.1) is 5.92 Å². The van der Waals surface area contributed by atoms with E-state index in [4.69, 9.17) is 4.74 Å². The number of hydrogen-bond donors (Lipinski definition) is 5. The van der Waals surface area contributed by atoms with E-state index in [1.807, 2.05) is 44.2 Å². The van der Waals surface area contributed by atoms with Crippen LogP contribution in [0.2, 0.25) is 0 Å². The minimum Gasteiger partial charge on any atom is -0.444 e. The molecule has 3 aromatic rings. The van der Waals surface area contributed by atoms with Crippen LogP contribution in [-0.2, 0) is 27.2 Å². The van der Waals surface area contributed by atoms with E-state index in [2.05, 4.69) is 30.9 Å². The first-order chi connectivity index (χ1) is 19.4. The zero-order chi connectivity index (χ0) is 30.0. The molecule has 3 rings (SSSR count). The van der Waals surface area contributed by atoms with Crippen molar-refractivity contribution >= 4 is 29.2 Å². The SMILES string of the molecule is CC(C)C[C@H](NC(=O)[C@H](Cc1cnc[nH]1)NC(=O)[C@H](Cc1ccccc1)NC(=O)OC(C)(C)C)[C@@H](O)c1nccs1. The quantitative estimate of drug-likeness (QED) is 0.206. The molecule has 0 bridgehead atoms. The number of imidazole rings is 1. The Kier molecular flexibility index (Phi) is 11.4. The number of benzene rings is 1. The molecule has 11 nitrogen and oxygen atoms in total. The molecule has 0 spiro atoms. The van der Waals surface area contributed by atoms with Crippen molar-refractivity contribution < 1.29 is 24.2 Å². The van der Waals surface area contributed by atoms with Crippen LogP contribution >= 0.6 is 11.3 Å². The zero-order valence-corrected chi connectivity index (χ0v) is 24.9. The fourth-order valence-corrected chi connectivity index (χ4v) is 4.90. The van der Waals surface area contributed by atoms with Gasteiger partial charge in [0.2, 0.25) is 11.8 Å². The van der Waals surface area contributed by atoms with Gasteiger partial charge >= 0.3 is 6.09 Å². The number of aliphatic hydroxyl groups is 1. The van der Waals surface area contributed by atoms with Crippen LogP contribution in [0.5, 0.6) is 0 Å². The molecule has 2 heterocycles. The number of carbonyl (C=O) groups is 3. The summed E-state index contributed by atoms with van der Waals surface area (Å²) in [6, 6.07) is 6.57. The number of hydrogen-bond acceptors (Lipinski definition) is 8. The Hall–Kier alpha value is -3.77. The van der Waals surface area contributed by atoms with Gasteiger partial charge in [0.1, 0.15) is 28.8 Å². The predicted molar refractivity (Wildman–Crippen MR) is 156 cm³/mol. The summed E-state index contributed by atoms with van der Waals surface area (Å²) < 4.78 is 5.39. The molecule has 3 amide bonds. The topological polar surface area (TPSA) is 158 Å². The second-order valence-corrected chi connectivity index (χ2v) is 12.2. The predicted octanol–water partition coefficient (Wildman–Crippen LogP) is 3.29. The lowest BCUT2D eigenvalue weighted by Crippen LogP contribution is -2.57. The van der Waals surface area contributed by atoms with E-state index in [1.165, 1.54) is 17.7 Å². The number of nitrogens with zero attached hydrogens (tertiary/aromatic N) is 2. The van der Waals surface area contributed by atoms with Gasteiger partial charge in [-0.3, -0.25) is 9.59 Å². The Bertz CT molecular complexity index is 1230. The van der Waals surface area contributed by atoms with Crippen LogP contribution < -0.4 is 16.0 Å². The van der Waals surface area contributed by atoms with Crippen molar-refractivity contribution in [2.75, 3.05) is 0 Å². The van der Waals surface area contributed by atoms with E-state index < -0.39 is 47.7 Å². The summed E-state index contributed by atoms with van der Waals surface area (Å²) in [6.45, 7) is 9.19. The molecule has 0 aliphatic heterocycles. The standard InChI is InChI=1S/C29H40N6O5S/c1-18(2)13-21(24(36)27-31-11-12-41-27)33-26(38)23(15-20-16-30-17-32-20)34-25(37)22(14-19-9-7-6-8-10-19)35-28(39)40-29(3,4)5/h6-12,16-18,21-24,36H,13-15H2,1-5H3,(H,30,32)(H,33,38)(H,34,37)(H,35,39)/t21-,22-,23-,24+/m0/s1. The van der Waals surface area contributed by atoms with E-state index in [-0.39, 0.29) is 18.8 Å². The highest BCUT2D eigenvalue weighted by atomic mass is 32.1. The van der Waals surface area contributed by atoms with Gasteiger partial charge in [0, 0.05) is 36.3 Å². The minimum absolute atomic E-state index is 0.115. The van der Waals surface area contributed by atoms with Crippen LogP contribution in [-0.4, -0.2) is 61.7 Å². The summed E-state index contributed by atoms with van der Waals surface area (Å²) in [4.78, 5) is 51.1. The second-order valence-electron chi connectivity index (χ2n) is 11.3. The fourth-order valence-electron chi connectivity index (χ4n) is 4.22. The first-order valence-electron chi connectivity index (χ1n) is 13.6. The van der Waals surface area contributed by atoms with Crippen molar-refractivity contribution in [3.05, 3.63) is 70.7 Å². The average Bonchev–Trinajstić information content (AvgIpc) is 3.61. The van der Waals surface area contributed by atoms with Gasteiger partial charge in [-0.1, -0.05) is 44.2 Å². The highest BCUT2D eigenvalue weighted by Gasteiger charge is 2.32. The molecule has 1 aromatic carbocycles. The van der Waals surface area contributed by atoms with Crippen molar-refractivity contribution in [2.24, 2.45) is 5.92 Å². The van der Waals surface area contributed by atoms with Crippen LogP contribution in [0.4, 0.5) is 4.79 Å². The van der Waals surface area contributed by atoms with E-state index >= 15 is 0 Å². The Morgan fingerprint density at radius 2 is 1.71 bits per heavy atom. The van der Waals surface area contributed by atoms with Gasteiger partial charge in [-0.05, 0) is 38.7 Å². The molecule has 0 aliphatic carbocycles. The van der Waals surface area contributed by atoms with Gasteiger partial charge in [0.05, 0.1) is 12.4 Å². The molecule has 0 radical (unpaired) electrons. The van der Waals surface area contributed by atoms with Crippen molar-refractivity contribution in [2.45, 2.75) is 83.7 Å². The number of carbonyl (C=O) groups excluding carboxylic acids is 3. The maximum absolute atomic E-state index is 13.7. The summed E-state index contributed by atoms with van der Waals surface area (Å²) in [6.07, 6.45) is 3.70. The highest BCUT2D eigenvalue weighted by molar-refractivity contribution is 7.09. The lowest BCUT2D eigenvalue weighted by Gasteiger charge is -2.28. The molecule has 0 saturated heterocycles. The first kappa shape index (κ1) is 31.8. The Labute approximate surface area is 244 Å². The summed E-state index contributed by atoms with van der Waals surface area (Å²) in [5.74, 6) is -0.867. The number of aliphatic hydroxyl groups excluding tert-OH is 1. The average molecular weight is 585 g/mol. The van der Waals surface area contributed by atoms with Crippen LogP contribution in [0.3, 0.4) is 0 Å². The van der Waals surface area contributed by atoms with E-state index in [0.717, 1.165) is 5.56 Å². The fraction of sp³-hybridized carbons (Fsp3) is 0.483. The molecular weight excluding hydrogens is 544 g/mol. The molecule has 12 heteroatoms. The van der Waals surface area contributed by atoms with Gasteiger partial charge in [-0.15, -0.1) is 11.3 Å². The molecule has 222 valence electrons. The lowest BCUT2D eigenvalue weighted by molar-refractivity contribution is -0.131. The van der Waals surface area contributed by atoms with Crippen molar-refractivity contribution in [1.29, 1.82) is 0 Å². The van der Waals surface area contributed by atoms with Gasteiger partial charge in [0.25, 0.3) is 0 Å². The number of amides is 3. The second kappa shape index (κ2) is 14.7. The number of aromatic nitrogens is 3. The third-order valence-corrected chi connectivity index (χ3v) is 6.89. The van der Waals surface area contributed by atoms with E-state index in [0.29, 0.717) is 17.1 Å². The number of rotatable bonds is 13. The molecule has 2 aromatic heterocycles. The molecule has 0 unspecified atom stereocenters. The van der Waals surface area contributed by atoms with Crippen LogP contribution in [0.25, 0.3) is 0 Å². The van der Waals surface area contributed by atoms with Gasteiger partial charge in [-0.25, -0.2) is 14.8 Å². The number of ether oxygens (including phenoxy) is 1. The summed E-state index contributed by atoms with van der Waals surface area (Å²) in [5, 5.41) is 21.7. The zero-order valence-electron chi connectivity index (χ0n) is 24.1. The van der Waals surface area contributed by atoms with Gasteiger partial charge in [0.15, 0.2) is 0 Å². The molecule has 0 fully saturated rings. The largest absolute Gasteiger partial charge is 0.444 e. The number of alkyl carbamates (subject to hydrolysis) is 1. The Balaban J connectivity index is 1.82. The number of thiazole rings is 1. The minimum atomic E-state index is -1.03. The molecular formula is C29H40N6O5S. The normalized spacial score (nSPS) is 14.5. The maximum Gasteiger partial charge on any atom is 0.408 e. The van der Waals surface area contributed by atoms with Gasteiger partial charge in [-0.2, -0.15) is 0 Å². The highest BCUT2D eigenvalue weighted by Crippen LogP contribution is 2.23. The molecule has 5 N–H and O–H groups in total. The monoisotopic (exact) mass is 584 g/mol. The van der Waals surface area contributed by atoms with Crippen LogP contribution in [0.15, 0.2) is 54.4 Å². The van der Waals surface area contributed by atoms with Crippen molar-refractivity contribution in [3.8, 4) is 0 Å². The smallest absolute Gasteiger partial charge is 0.408 e. The first-order valence-corrected chi connectivity index (χ1v) is 14.5. The number of nitrogens with one attached hydrogen (secondary N) is 4.